The summed E-state index contributed by atoms with van der Waals surface area (Å²) in [7, 11) is 2.81. The topological polar surface area (TPSA) is 52.6 Å². The number of hydrogen-bond donors (Lipinski definition) is 0. The first-order valence-electron chi connectivity index (χ1n) is 8.87. The number of benzene rings is 2. The van der Waals surface area contributed by atoms with Gasteiger partial charge in [-0.1, -0.05) is 48.5 Å². The first-order valence-corrected chi connectivity index (χ1v) is 8.87. The Morgan fingerprint density at radius 1 is 0.654 bits per heavy atom. The van der Waals surface area contributed by atoms with Crippen LogP contribution in [0.1, 0.15) is 22.3 Å². The van der Waals surface area contributed by atoms with Gasteiger partial charge in [0.25, 0.3) is 0 Å². The molecule has 2 aromatic carbocycles. The number of carbonyl (C=O) groups is 2. The lowest BCUT2D eigenvalue weighted by Gasteiger charge is -2.53. The highest BCUT2D eigenvalue weighted by Crippen LogP contribution is 2.57. The summed E-state index contributed by atoms with van der Waals surface area (Å²) in [5.41, 5.74) is 2.54. The van der Waals surface area contributed by atoms with Crippen LogP contribution in [0.4, 0.5) is 0 Å². The van der Waals surface area contributed by atoms with Gasteiger partial charge in [-0.3, -0.25) is 9.59 Å². The summed E-state index contributed by atoms with van der Waals surface area (Å²) in [6.07, 6.45) is 1.94. The van der Waals surface area contributed by atoms with Gasteiger partial charge < -0.3 is 9.47 Å². The van der Waals surface area contributed by atoms with Crippen molar-refractivity contribution in [3.8, 4) is 0 Å². The summed E-state index contributed by atoms with van der Waals surface area (Å²) in [6.45, 7) is 0. The molecule has 4 heteroatoms. The zero-order chi connectivity index (χ0) is 18.4. The largest absolute Gasteiger partial charge is 0.469 e. The molecule has 0 radical (unpaired) electrons. The molecule has 0 unspecified atom stereocenters. The Morgan fingerprint density at radius 2 is 0.923 bits per heavy atom. The molecule has 0 bridgehead atoms. The fourth-order valence-corrected chi connectivity index (χ4v) is 4.98. The molecule has 26 heavy (non-hydrogen) atoms. The maximum Gasteiger partial charge on any atom is 0.313 e. The molecular formula is C22H22O4. The van der Waals surface area contributed by atoms with Crippen LogP contribution in [-0.2, 0) is 44.7 Å². The zero-order valence-corrected chi connectivity index (χ0v) is 15.1. The van der Waals surface area contributed by atoms with Crippen LogP contribution in [0, 0.1) is 10.8 Å². The first-order chi connectivity index (χ1) is 12.6. The van der Waals surface area contributed by atoms with Crippen LogP contribution in [0.5, 0.6) is 0 Å². The Labute approximate surface area is 153 Å². The molecule has 0 atom stereocenters. The smallest absolute Gasteiger partial charge is 0.313 e. The number of hydrogen-bond acceptors (Lipinski definition) is 4. The van der Waals surface area contributed by atoms with Gasteiger partial charge in [0.05, 0.1) is 25.0 Å². The average molecular weight is 350 g/mol. The predicted molar refractivity (Wildman–Crippen MR) is 96.6 cm³/mol. The van der Waals surface area contributed by atoms with Crippen molar-refractivity contribution in [3.63, 3.8) is 0 Å². The maximum absolute atomic E-state index is 13.1. The Bertz CT molecular complexity index is 760. The number of carbonyl (C=O) groups excluding carboxylic acids is 2. The Balaban J connectivity index is 1.99. The number of methoxy groups -OCH3 is 2. The van der Waals surface area contributed by atoms with E-state index in [-0.39, 0.29) is 11.9 Å². The van der Waals surface area contributed by atoms with Crippen molar-refractivity contribution >= 4 is 11.9 Å². The maximum atomic E-state index is 13.1. The summed E-state index contributed by atoms with van der Waals surface area (Å²) in [5.74, 6) is -0.654. The molecule has 2 aliphatic carbocycles. The Hall–Kier alpha value is -2.62. The van der Waals surface area contributed by atoms with E-state index in [1.165, 1.54) is 14.2 Å². The van der Waals surface area contributed by atoms with E-state index in [1.54, 1.807) is 0 Å². The van der Waals surface area contributed by atoms with E-state index in [0.717, 1.165) is 22.3 Å². The van der Waals surface area contributed by atoms with E-state index in [4.69, 9.17) is 9.47 Å². The van der Waals surface area contributed by atoms with Crippen molar-refractivity contribution in [3.05, 3.63) is 70.8 Å². The van der Waals surface area contributed by atoms with Gasteiger partial charge in [-0.2, -0.15) is 0 Å². The van der Waals surface area contributed by atoms with E-state index < -0.39 is 10.8 Å². The highest BCUT2D eigenvalue weighted by atomic mass is 16.5. The quantitative estimate of drug-likeness (QED) is 0.782. The third-order valence-corrected chi connectivity index (χ3v) is 6.27. The van der Waals surface area contributed by atoms with E-state index >= 15 is 0 Å². The molecule has 0 fully saturated rings. The molecule has 4 nitrogen and oxygen atoms in total. The Kier molecular flexibility index (Phi) is 3.87. The van der Waals surface area contributed by atoms with E-state index in [9.17, 15) is 9.59 Å². The minimum absolute atomic E-state index is 0.327. The van der Waals surface area contributed by atoms with E-state index in [2.05, 4.69) is 0 Å². The molecule has 4 rings (SSSR count). The highest BCUT2D eigenvalue weighted by Gasteiger charge is 2.65. The molecule has 0 saturated heterocycles. The van der Waals surface area contributed by atoms with Gasteiger partial charge in [0.2, 0.25) is 0 Å². The van der Waals surface area contributed by atoms with Crippen molar-refractivity contribution in [2.24, 2.45) is 10.8 Å². The molecule has 2 aliphatic rings. The van der Waals surface area contributed by atoms with Gasteiger partial charge in [-0.15, -0.1) is 0 Å². The molecule has 0 aliphatic heterocycles. The molecule has 0 N–H and O–H groups in total. The average Bonchev–Trinajstić information content (AvgIpc) is 2.68. The predicted octanol–water partition coefficient (Wildman–Crippen LogP) is 2.90. The number of ether oxygens (including phenoxy) is 2. The van der Waals surface area contributed by atoms with Crippen LogP contribution in [0.3, 0.4) is 0 Å². The molecule has 0 aromatic heterocycles. The summed E-state index contributed by atoms with van der Waals surface area (Å²) in [5, 5.41) is 0. The van der Waals surface area contributed by atoms with Gasteiger partial charge in [-0.05, 0) is 47.9 Å². The standard InChI is InChI=1S/C22H22O4/c1-25-19(23)21-11-15-7-3-5-9-17(15)13-22(21,20(24)26-2)14-18-10-6-4-8-16(18)12-21/h3-10H,11-14H2,1-2H3. The van der Waals surface area contributed by atoms with Crippen LogP contribution in [-0.4, -0.2) is 26.2 Å². The molecular weight excluding hydrogens is 328 g/mol. The molecule has 2 aromatic rings. The van der Waals surface area contributed by atoms with Crippen LogP contribution in [0.25, 0.3) is 0 Å². The van der Waals surface area contributed by atoms with E-state index in [0.29, 0.717) is 25.7 Å². The lowest BCUT2D eigenvalue weighted by atomic mass is 9.48. The van der Waals surface area contributed by atoms with E-state index in [1.807, 2.05) is 48.5 Å². The fraction of sp³-hybridized carbons (Fsp3) is 0.364. The van der Waals surface area contributed by atoms with Crippen molar-refractivity contribution < 1.29 is 19.1 Å². The minimum Gasteiger partial charge on any atom is -0.469 e. The van der Waals surface area contributed by atoms with Crippen molar-refractivity contribution in [1.29, 1.82) is 0 Å². The third kappa shape index (κ3) is 2.14. The third-order valence-electron chi connectivity index (χ3n) is 6.27. The summed E-state index contributed by atoms with van der Waals surface area (Å²) < 4.78 is 10.5. The van der Waals surface area contributed by atoms with Gasteiger partial charge in [-0.25, -0.2) is 0 Å². The van der Waals surface area contributed by atoms with Gasteiger partial charge in [0, 0.05) is 0 Å². The van der Waals surface area contributed by atoms with Crippen molar-refractivity contribution in [1.82, 2.24) is 0 Å². The molecule has 134 valence electrons. The molecule has 0 saturated carbocycles. The van der Waals surface area contributed by atoms with Crippen LogP contribution in [0.15, 0.2) is 48.5 Å². The molecule has 0 spiro atoms. The van der Waals surface area contributed by atoms with Gasteiger partial charge >= 0.3 is 11.9 Å². The second-order valence-corrected chi connectivity index (χ2v) is 7.39. The van der Waals surface area contributed by atoms with Crippen LogP contribution >= 0.6 is 0 Å². The van der Waals surface area contributed by atoms with Gasteiger partial charge in [0.15, 0.2) is 0 Å². The zero-order valence-electron chi connectivity index (χ0n) is 15.1. The fourth-order valence-electron chi connectivity index (χ4n) is 4.98. The van der Waals surface area contributed by atoms with Crippen LogP contribution in [0.2, 0.25) is 0 Å². The van der Waals surface area contributed by atoms with Crippen molar-refractivity contribution in [2.75, 3.05) is 14.2 Å². The summed E-state index contributed by atoms with van der Waals surface area (Å²) in [4.78, 5) is 26.3. The molecule has 0 heterocycles. The minimum atomic E-state index is -0.947. The SMILES string of the molecule is COC(=O)C12Cc3ccccc3CC1(C(=O)OC)Cc1ccccc1C2. The summed E-state index contributed by atoms with van der Waals surface area (Å²) in [6, 6.07) is 16.1. The molecule has 0 amide bonds. The lowest BCUT2D eigenvalue weighted by molar-refractivity contribution is -0.181. The highest BCUT2D eigenvalue weighted by molar-refractivity contribution is 5.91. The van der Waals surface area contributed by atoms with Crippen molar-refractivity contribution in [2.45, 2.75) is 25.7 Å². The summed E-state index contributed by atoms with van der Waals surface area (Å²) >= 11 is 0. The number of rotatable bonds is 2. The lowest BCUT2D eigenvalue weighted by Crippen LogP contribution is -2.62. The first kappa shape index (κ1) is 16.8. The van der Waals surface area contributed by atoms with Gasteiger partial charge in [0.1, 0.15) is 0 Å². The monoisotopic (exact) mass is 350 g/mol. The normalized spacial score (nSPS) is 26.1. The second kappa shape index (κ2) is 5.97. The number of esters is 2. The second-order valence-electron chi connectivity index (χ2n) is 7.39. The Morgan fingerprint density at radius 3 is 1.15 bits per heavy atom. The number of fused-ring (bicyclic) bond motifs is 3. The van der Waals surface area contributed by atoms with Crippen LogP contribution < -0.4 is 0 Å².